The normalized spacial score (nSPS) is 10.0. The molecule has 60 valence electrons. The zero-order valence-electron chi connectivity index (χ0n) is 5.92. The van der Waals surface area contributed by atoms with E-state index in [0.29, 0.717) is 12.1 Å². The van der Waals surface area contributed by atoms with Gasteiger partial charge in [0, 0.05) is 6.61 Å². The number of hydrogen-bond donors (Lipinski definition) is 2. The molecule has 0 aromatic carbocycles. The number of pyridine rings is 1. The molecular weight excluding hydrogens is 208 g/mol. The van der Waals surface area contributed by atoms with Crippen LogP contribution in [0.4, 0.5) is 5.69 Å². The Morgan fingerprint density at radius 3 is 3.00 bits per heavy atom. The van der Waals surface area contributed by atoms with Crippen LogP contribution in [0.2, 0.25) is 0 Å². The molecule has 3 N–H and O–H groups in total. The summed E-state index contributed by atoms with van der Waals surface area (Å²) in [5, 5.41) is 8.64. The van der Waals surface area contributed by atoms with Gasteiger partial charge >= 0.3 is 0 Å². The maximum atomic E-state index is 8.64. The molecule has 0 aliphatic carbocycles. The number of anilines is 1. The van der Waals surface area contributed by atoms with Gasteiger partial charge in [-0.15, -0.1) is 0 Å². The van der Waals surface area contributed by atoms with Gasteiger partial charge in [0.2, 0.25) is 0 Å². The zero-order valence-corrected chi connectivity index (χ0v) is 7.50. The Hall–Kier alpha value is -0.610. The van der Waals surface area contributed by atoms with E-state index in [0.717, 1.165) is 10.2 Å². The molecule has 0 unspecified atom stereocenters. The average Bonchev–Trinajstić information content (AvgIpc) is 1.98. The maximum Gasteiger partial charge on any atom is 0.106 e. The van der Waals surface area contributed by atoms with Gasteiger partial charge < -0.3 is 10.8 Å². The highest BCUT2D eigenvalue weighted by atomic mass is 79.9. The third-order valence-electron chi connectivity index (χ3n) is 1.37. The highest BCUT2D eigenvalue weighted by molar-refractivity contribution is 9.10. The van der Waals surface area contributed by atoms with Gasteiger partial charge in [-0.05, 0) is 34.0 Å². The van der Waals surface area contributed by atoms with E-state index in [2.05, 4.69) is 20.9 Å². The van der Waals surface area contributed by atoms with Crippen molar-refractivity contribution in [2.24, 2.45) is 0 Å². The molecule has 0 aliphatic heterocycles. The summed E-state index contributed by atoms with van der Waals surface area (Å²) >= 11 is 3.22. The Morgan fingerprint density at radius 1 is 1.64 bits per heavy atom. The maximum absolute atomic E-state index is 8.64. The zero-order chi connectivity index (χ0) is 8.27. The van der Waals surface area contributed by atoms with Crippen LogP contribution in [0, 0.1) is 0 Å². The highest BCUT2D eigenvalue weighted by Crippen LogP contribution is 2.15. The van der Waals surface area contributed by atoms with Gasteiger partial charge in [-0.25, -0.2) is 4.98 Å². The molecule has 0 saturated carbocycles. The standard InChI is InChI=1S/C7H9BrN2O/c8-7-3-5(1-2-11)6(9)4-10-7/h3-4,11H,1-2,9H2. The molecule has 1 heterocycles. The molecule has 0 saturated heterocycles. The fourth-order valence-electron chi connectivity index (χ4n) is 0.815. The Morgan fingerprint density at radius 2 is 2.36 bits per heavy atom. The van der Waals surface area contributed by atoms with E-state index in [1.54, 1.807) is 6.20 Å². The molecule has 3 nitrogen and oxygen atoms in total. The lowest BCUT2D eigenvalue weighted by Crippen LogP contribution is -1.98. The SMILES string of the molecule is Nc1cnc(Br)cc1CCO. The highest BCUT2D eigenvalue weighted by Gasteiger charge is 1.98. The molecule has 1 aromatic heterocycles. The van der Waals surface area contributed by atoms with E-state index in [9.17, 15) is 0 Å². The van der Waals surface area contributed by atoms with Crippen molar-refractivity contribution in [3.63, 3.8) is 0 Å². The summed E-state index contributed by atoms with van der Waals surface area (Å²) in [5.41, 5.74) is 7.13. The minimum atomic E-state index is 0.112. The van der Waals surface area contributed by atoms with Crippen molar-refractivity contribution in [2.45, 2.75) is 6.42 Å². The second-order valence-electron chi connectivity index (χ2n) is 2.18. The molecule has 0 atom stereocenters. The summed E-state index contributed by atoms with van der Waals surface area (Å²) in [6, 6.07) is 1.81. The summed E-state index contributed by atoms with van der Waals surface area (Å²) in [4.78, 5) is 3.93. The number of nitrogens with two attached hydrogens (primary N) is 1. The quantitative estimate of drug-likeness (QED) is 0.725. The number of aliphatic hydroxyl groups is 1. The van der Waals surface area contributed by atoms with E-state index in [-0.39, 0.29) is 6.61 Å². The predicted octanol–water partition coefficient (Wildman–Crippen LogP) is 0.961. The fraction of sp³-hybridized carbons (Fsp3) is 0.286. The summed E-state index contributed by atoms with van der Waals surface area (Å²) < 4.78 is 0.746. The van der Waals surface area contributed by atoms with Crippen LogP contribution in [0.5, 0.6) is 0 Å². The third-order valence-corrected chi connectivity index (χ3v) is 1.81. The minimum Gasteiger partial charge on any atom is -0.397 e. The molecule has 1 aromatic rings. The Labute approximate surface area is 73.4 Å². The Balaban J connectivity index is 2.93. The van der Waals surface area contributed by atoms with Crippen molar-refractivity contribution in [3.05, 3.63) is 22.4 Å². The van der Waals surface area contributed by atoms with Crippen LogP contribution in [0.1, 0.15) is 5.56 Å². The van der Waals surface area contributed by atoms with Gasteiger partial charge in [0.15, 0.2) is 0 Å². The number of aromatic nitrogens is 1. The number of nitrogen functional groups attached to an aromatic ring is 1. The summed E-state index contributed by atoms with van der Waals surface area (Å²) in [6.07, 6.45) is 2.15. The van der Waals surface area contributed by atoms with Crippen molar-refractivity contribution in [1.82, 2.24) is 4.98 Å². The number of halogens is 1. The van der Waals surface area contributed by atoms with E-state index >= 15 is 0 Å². The van der Waals surface area contributed by atoms with Gasteiger partial charge in [-0.1, -0.05) is 0 Å². The Kier molecular flexibility index (Phi) is 2.84. The van der Waals surface area contributed by atoms with Crippen LogP contribution in [0.3, 0.4) is 0 Å². The lowest BCUT2D eigenvalue weighted by molar-refractivity contribution is 0.300. The van der Waals surface area contributed by atoms with Crippen LogP contribution in [-0.2, 0) is 6.42 Å². The predicted molar refractivity (Wildman–Crippen MR) is 47.1 cm³/mol. The van der Waals surface area contributed by atoms with E-state index in [1.807, 2.05) is 6.07 Å². The van der Waals surface area contributed by atoms with Gasteiger partial charge in [-0.2, -0.15) is 0 Å². The molecule has 4 heteroatoms. The van der Waals surface area contributed by atoms with Gasteiger partial charge in [0.05, 0.1) is 11.9 Å². The molecule has 0 amide bonds. The minimum absolute atomic E-state index is 0.112. The first-order valence-electron chi connectivity index (χ1n) is 3.25. The first kappa shape index (κ1) is 8.49. The van der Waals surface area contributed by atoms with Crippen molar-refractivity contribution in [2.75, 3.05) is 12.3 Å². The van der Waals surface area contributed by atoms with Crippen molar-refractivity contribution >= 4 is 21.6 Å². The molecule has 11 heavy (non-hydrogen) atoms. The molecular formula is C7H9BrN2O. The fourth-order valence-corrected chi connectivity index (χ4v) is 1.19. The number of hydrogen-bond acceptors (Lipinski definition) is 3. The van der Waals surface area contributed by atoms with Crippen molar-refractivity contribution in [3.8, 4) is 0 Å². The van der Waals surface area contributed by atoms with E-state index in [4.69, 9.17) is 10.8 Å². The lowest BCUT2D eigenvalue weighted by Gasteiger charge is -2.02. The molecule has 0 aliphatic rings. The van der Waals surface area contributed by atoms with Crippen molar-refractivity contribution < 1.29 is 5.11 Å². The van der Waals surface area contributed by atoms with Crippen LogP contribution >= 0.6 is 15.9 Å². The monoisotopic (exact) mass is 216 g/mol. The van der Waals surface area contributed by atoms with Crippen LogP contribution in [0.15, 0.2) is 16.9 Å². The second-order valence-corrected chi connectivity index (χ2v) is 2.99. The van der Waals surface area contributed by atoms with Crippen LogP contribution in [0.25, 0.3) is 0 Å². The van der Waals surface area contributed by atoms with Gasteiger partial charge in [-0.3, -0.25) is 0 Å². The smallest absolute Gasteiger partial charge is 0.106 e. The average molecular weight is 217 g/mol. The summed E-state index contributed by atoms with van der Waals surface area (Å²) in [7, 11) is 0. The van der Waals surface area contributed by atoms with Gasteiger partial charge in [0.25, 0.3) is 0 Å². The van der Waals surface area contributed by atoms with Crippen LogP contribution < -0.4 is 5.73 Å². The van der Waals surface area contributed by atoms with Crippen LogP contribution in [-0.4, -0.2) is 16.7 Å². The summed E-state index contributed by atoms with van der Waals surface area (Å²) in [5.74, 6) is 0. The summed E-state index contributed by atoms with van der Waals surface area (Å²) in [6.45, 7) is 0.112. The molecule has 0 fully saturated rings. The largest absolute Gasteiger partial charge is 0.397 e. The van der Waals surface area contributed by atoms with Crippen molar-refractivity contribution in [1.29, 1.82) is 0 Å². The number of nitrogens with zero attached hydrogens (tertiary/aromatic N) is 1. The number of rotatable bonds is 2. The number of aliphatic hydroxyl groups excluding tert-OH is 1. The third kappa shape index (κ3) is 2.17. The molecule has 0 bridgehead atoms. The lowest BCUT2D eigenvalue weighted by atomic mass is 10.2. The molecule has 1 rings (SSSR count). The second kappa shape index (κ2) is 3.69. The molecule has 0 spiro atoms. The topological polar surface area (TPSA) is 59.1 Å². The first-order valence-corrected chi connectivity index (χ1v) is 4.04. The van der Waals surface area contributed by atoms with E-state index in [1.165, 1.54) is 0 Å². The van der Waals surface area contributed by atoms with E-state index < -0.39 is 0 Å². The van der Waals surface area contributed by atoms with Gasteiger partial charge in [0.1, 0.15) is 4.60 Å². The Bertz CT molecular complexity index is 252. The molecule has 0 radical (unpaired) electrons. The first-order chi connectivity index (χ1) is 5.24.